The first-order chi connectivity index (χ1) is 14.6. The first kappa shape index (κ1) is 19.9. The molecule has 1 aromatic carbocycles. The summed E-state index contributed by atoms with van der Waals surface area (Å²) in [5.74, 6) is 2.76. The maximum atomic E-state index is 12.8. The van der Waals surface area contributed by atoms with Gasteiger partial charge in [-0.3, -0.25) is 4.79 Å². The minimum absolute atomic E-state index is 0.134. The molecule has 0 aliphatic carbocycles. The fourth-order valence-electron chi connectivity index (χ4n) is 3.73. The SMILES string of the molecule is COc1ccc2nnc(CCCC(=O)N3CCc4cc(OC)c(OC)cc4C3)n2n1. The number of carbonyl (C=O) groups excluding carboxylic acids is 1. The van der Waals surface area contributed by atoms with Crippen LogP contribution < -0.4 is 14.2 Å². The van der Waals surface area contributed by atoms with Crippen LogP contribution in [0.25, 0.3) is 5.65 Å². The molecule has 0 spiro atoms. The lowest BCUT2D eigenvalue weighted by Crippen LogP contribution is -2.35. The Labute approximate surface area is 174 Å². The fraction of sp³-hybridized carbons (Fsp3) is 0.429. The molecule has 2 aromatic heterocycles. The summed E-state index contributed by atoms with van der Waals surface area (Å²) in [7, 11) is 4.82. The maximum Gasteiger partial charge on any atom is 0.231 e. The van der Waals surface area contributed by atoms with Crippen LogP contribution in [0.5, 0.6) is 17.4 Å². The first-order valence-electron chi connectivity index (χ1n) is 9.89. The lowest BCUT2D eigenvalue weighted by atomic mass is 9.98. The summed E-state index contributed by atoms with van der Waals surface area (Å²) < 4.78 is 17.6. The van der Waals surface area contributed by atoms with Gasteiger partial charge >= 0.3 is 0 Å². The molecule has 0 saturated heterocycles. The van der Waals surface area contributed by atoms with Crippen LogP contribution >= 0.6 is 0 Å². The minimum atomic E-state index is 0.134. The van der Waals surface area contributed by atoms with Crippen LogP contribution in [0.1, 0.15) is 29.8 Å². The third-order valence-electron chi connectivity index (χ3n) is 5.37. The summed E-state index contributed by atoms with van der Waals surface area (Å²) in [6.07, 6.45) is 2.54. The topological polar surface area (TPSA) is 91.1 Å². The highest BCUT2D eigenvalue weighted by atomic mass is 16.5. The highest BCUT2D eigenvalue weighted by Gasteiger charge is 2.22. The molecule has 30 heavy (non-hydrogen) atoms. The van der Waals surface area contributed by atoms with Gasteiger partial charge in [-0.1, -0.05) is 0 Å². The second kappa shape index (κ2) is 8.56. The van der Waals surface area contributed by atoms with Gasteiger partial charge in [0.1, 0.15) is 0 Å². The summed E-state index contributed by atoms with van der Waals surface area (Å²) in [4.78, 5) is 14.7. The Morgan fingerprint density at radius 1 is 1.03 bits per heavy atom. The average molecular weight is 411 g/mol. The van der Waals surface area contributed by atoms with E-state index < -0.39 is 0 Å². The second-order valence-electron chi connectivity index (χ2n) is 7.16. The van der Waals surface area contributed by atoms with Crippen molar-refractivity contribution in [3.8, 4) is 17.4 Å². The largest absolute Gasteiger partial charge is 0.493 e. The van der Waals surface area contributed by atoms with Crippen molar-refractivity contribution in [2.24, 2.45) is 0 Å². The number of hydrogen-bond acceptors (Lipinski definition) is 7. The van der Waals surface area contributed by atoms with Crippen molar-refractivity contribution >= 4 is 11.6 Å². The Kier molecular flexibility index (Phi) is 5.69. The number of aromatic nitrogens is 4. The van der Waals surface area contributed by atoms with Crippen molar-refractivity contribution in [3.05, 3.63) is 41.2 Å². The van der Waals surface area contributed by atoms with Crippen LogP contribution in [-0.2, 0) is 24.2 Å². The van der Waals surface area contributed by atoms with Crippen LogP contribution in [0, 0.1) is 0 Å². The summed E-state index contributed by atoms with van der Waals surface area (Å²) in [6, 6.07) is 7.53. The fourth-order valence-corrected chi connectivity index (χ4v) is 3.73. The lowest BCUT2D eigenvalue weighted by Gasteiger charge is -2.29. The maximum absolute atomic E-state index is 12.8. The van der Waals surface area contributed by atoms with Crippen LogP contribution in [0.4, 0.5) is 0 Å². The van der Waals surface area contributed by atoms with E-state index in [-0.39, 0.29) is 5.91 Å². The van der Waals surface area contributed by atoms with Gasteiger partial charge in [-0.2, -0.15) is 4.52 Å². The molecule has 1 aliphatic heterocycles. The third-order valence-corrected chi connectivity index (χ3v) is 5.37. The molecule has 0 bridgehead atoms. The van der Waals surface area contributed by atoms with E-state index in [0.717, 1.165) is 23.6 Å². The molecular formula is C21H25N5O4. The predicted octanol–water partition coefficient (Wildman–Crippen LogP) is 2.06. The van der Waals surface area contributed by atoms with E-state index in [9.17, 15) is 4.79 Å². The standard InChI is InChI=1S/C21H25N5O4/c1-28-16-11-14-9-10-25(13-15(14)12-17(16)29-2)21(27)6-4-5-18-22-23-19-7-8-20(30-3)24-26(18)19/h7-8,11-12H,4-6,9-10,13H2,1-3H3. The van der Waals surface area contributed by atoms with Gasteiger partial charge in [-0.15, -0.1) is 15.3 Å². The van der Waals surface area contributed by atoms with E-state index >= 15 is 0 Å². The van der Waals surface area contributed by atoms with Crippen LogP contribution in [-0.4, -0.2) is 58.5 Å². The molecule has 3 aromatic rings. The smallest absolute Gasteiger partial charge is 0.231 e. The van der Waals surface area contributed by atoms with Gasteiger partial charge < -0.3 is 19.1 Å². The highest BCUT2D eigenvalue weighted by Crippen LogP contribution is 2.33. The molecule has 158 valence electrons. The Balaban J connectivity index is 1.37. The van der Waals surface area contributed by atoms with Crippen molar-refractivity contribution in [2.75, 3.05) is 27.9 Å². The Morgan fingerprint density at radius 2 is 1.80 bits per heavy atom. The number of nitrogens with zero attached hydrogens (tertiary/aromatic N) is 5. The number of rotatable bonds is 7. The van der Waals surface area contributed by atoms with Gasteiger partial charge in [0.05, 0.1) is 21.3 Å². The van der Waals surface area contributed by atoms with Crippen molar-refractivity contribution in [3.63, 3.8) is 0 Å². The lowest BCUT2D eigenvalue weighted by molar-refractivity contribution is -0.132. The van der Waals surface area contributed by atoms with Crippen molar-refractivity contribution in [1.29, 1.82) is 0 Å². The van der Waals surface area contributed by atoms with Gasteiger partial charge in [0.15, 0.2) is 23.0 Å². The number of aryl methyl sites for hydroxylation is 1. The summed E-state index contributed by atoms with van der Waals surface area (Å²) in [5, 5.41) is 12.7. The molecule has 9 heteroatoms. The first-order valence-corrected chi connectivity index (χ1v) is 9.89. The zero-order valence-electron chi connectivity index (χ0n) is 17.4. The Bertz CT molecular complexity index is 1060. The van der Waals surface area contributed by atoms with E-state index in [2.05, 4.69) is 15.3 Å². The molecule has 0 radical (unpaired) electrons. The highest BCUT2D eigenvalue weighted by molar-refractivity contribution is 5.76. The molecular weight excluding hydrogens is 386 g/mol. The normalized spacial score (nSPS) is 13.2. The zero-order chi connectivity index (χ0) is 21.1. The van der Waals surface area contributed by atoms with Crippen LogP contribution in [0.3, 0.4) is 0 Å². The molecule has 3 heterocycles. The molecule has 0 fully saturated rings. The quantitative estimate of drug-likeness (QED) is 0.588. The Morgan fingerprint density at radius 3 is 2.53 bits per heavy atom. The monoisotopic (exact) mass is 411 g/mol. The summed E-state index contributed by atoms with van der Waals surface area (Å²) >= 11 is 0. The Hall–Kier alpha value is -3.36. The number of methoxy groups -OCH3 is 3. The zero-order valence-corrected chi connectivity index (χ0v) is 17.4. The minimum Gasteiger partial charge on any atom is -0.493 e. The molecule has 0 unspecified atom stereocenters. The van der Waals surface area contributed by atoms with E-state index in [1.54, 1.807) is 31.9 Å². The molecule has 0 atom stereocenters. The van der Waals surface area contributed by atoms with Crippen LogP contribution in [0.2, 0.25) is 0 Å². The van der Waals surface area contributed by atoms with E-state index in [1.165, 1.54) is 5.56 Å². The molecule has 0 saturated carbocycles. The van der Waals surface area contributed by atoms with Gasteiger partial charge in [0.2, 0.25) is 11.8 Å². The van der Waals surface area contributed by atoms with Gasteiger partial charge in [-0.05, 0) is 42.2 Å². The van der Waals surface area contributed by atoms with Crippen molar-refractivity contribution < 1.29 is 19.0 Å². The van der Waals surface area contributed by atoms with Crippen LogP contribution in [0.15, 0.2) is 24.3 Å². The number of amides is 1. The third kappa shape index (κ3) is 3.87. The van der Waals surface area contributed by atoms with E-state index in [0.29, 0.717) is 49.6 Å². The molecule has 1 aliphatic rings. The van der Waals surface area contributed by atoms with Crippen molar-refractivity contribution in [2.45, 2.75) is 32.2 Å². The second-order valence-corrected chi connectivity index (χ2v) is 7.16. The van der Waals surface area contributed by atoms with Crippen molar-refractivity contribution in [1.82, 2.24) is 24.7 Å². The predicted molar refractivity (Wildman–Crippen MR) is 109 cm³/mol. The average Bonchev–Trinajstić information content (AvgIpc) is 3.19. The van der Waals surface area contributed by atoms with Gasteiger partial charge in [-0.25, -0.2) is 0 Å². The van der Waals surface area contributed by atoms with Gasteiger partial charge in [0.25, 0.3) is 0 Å². The number of hydrogen-bond donors (Lipinski definition) is 0. The summed E-state index contributed by atoms with van der Waals surface area (Å²) in [6.45, 7) is 1.29. The number of benzene rings is 1. The summed E-state index contributed by atoms with van der Waals surface area (Å²) in [5.41, 5.74) is 2.97. The molecule has 9 nitrogen and oxygen atoms in total. The van der Waals surface area contributed by atoms with E-state index in [4.69, 9.17) is 14.2 Å². The molecule has 4 rings (SSSR count). The van der Waals surface area contributed by atoms with E-state index in [1.807, 2.05) is 23.1 Å². The number of carbonyl (C=O) groups is 1. The number of ether oxygens (including phenoxy) is 3. The molecule has 1 amide bonds. The molecule has 0 N–H and O–H groups in total. The number of fused-ring (bicyclic) bond motifs is 2. The van der Waals surface area contributed by atoms with Gasteiger partial charge in [0, 0.05) is 32.0 Å².